The second-order valence-corrected chi connectivity index (χ2v) is 8.25. The number of nitrogens with one attached hydrogen (secondary N) is 2. The Morgan fingerprint density at radius 1 is 1.00 bits per heavy atom. The van der Waals surface area contributed by atoms with E-state index in [0.29, 0.717) is 39.8 Å². The lowest BCUT2D eigenvalue weighted by molar-refractivity contribution is 0.102. The molecule has 0 radical (unpaired) electrons. The first-order chi connectivity index (χ1) is 15.5. The highest BCUT2D eigenvalue weighted by Crippen LogP contribution is 2.29. The molecule has 5 rings (SSSR count). The molecule has 1 aliphatic rings. The van der Waals surface area contributed by atoms with Gasteiger partial charge in [-0.05, 0) is 44.2 Å². The lowest BCUT2D eigenvalue weighted by atomic mass is 10.1. The molecule has 2 N–H and O–H groups in total. The van der Waals surface area contributed by atoms with Crippen LogP contribution in [0, 0.1) is 5.82 Å². The summed E-state index contributed by atoms with van der Waals surface area (Å²) in [6.07, 6.45) is 4.75. The van der Waals surface area contributed by atoms with Crippen molar-refractivity contribution in [1.29, 1.82) is 0 Å². The number of piperazine rings is 1. The molecule has 2 atom stereocenters. The summed E-state index contributed by atoms with van der Waals surface area (Å²) in [5.41, 5.74) is 3.16. The second kappa shape index (κ2) is 8.12. The van der Waals surface area contributed by atoms with E-state index < -0.39 is 5.82 Å². The van der Waals surface area contributed by atoms with Crippen molar-refractivity contribution in [3.63, 3.8) is 0 Å². The fraction of sp³-hybridized carbons (Fsp3) is 0.250. The Kier molecular flexibility index (Phi) is 5.14. The van der Waals surface area contributed by atoms with E-state index in [2.05, 4.69) is 44.3 Å². The molecular weight excluding hydrogens is 407 g/mol. The molecule has 1 amide bonds. The summed E-state index contributed by atoms with van der Waals surface area (Å²) >= 11 is 0. The van der Waals surface area contributed by atoms with Gasteiger partial charge in [0.15, 0.2) is 5.82 Å². The van der Waals surface area contributed by atoms with E-state index in [1.807, 2.05) is 6.07 Å². The summed E-state index contributed by atoms with van der Waals surface area (Å²) in [6.45, 7) is 5.98. The zero-order valence-electron chi connectivity index (χ0n) is 17.8. The van der Waals surface area contributed by atoms with Crippen LogP contribution in [-0.2, 0) is 0 Å². The number of halogens is 1. The normalized spacial score (nSPS) is 18.8. The van der Waals surface area contributed by atoms with E-state index in [0.717, 1.165) is 18.8 Å². The third-order valence-corrected chi connectivity index (χ3v) is 5.66. The van der Waals surface area contributed by atoms with Crippen LogP contribution in [0.5, 0.6) is 0 Å². The van der Waals surface area contributed by atoms with Crippen molar-refractivity contribution in [1.82, 2.24) is 20.3 Å². The number of anilines is 2. The van der Waals surface area contributed by atoms with Crippen LogP contribution in [0.4, 0.5) is 15.8 Å². The smallest absolute Gasteiger partial charge is 0.257 e. The minimum Gasteiger partial charge on any atom is -0.367 e. The standard InChI is InChI=1S/C24H23FN6O/c1-14-12-31(13-15(2)29-14)20-6-5-18(22-23(20)28-9-8-27-22)24(32)30-17-10-16-4-3-7-26-21(16)19(25)11-17/h3-11,14-15,29H,12-13H2,1-2H3,(H,30,32). The fourth-order valence-corrected chi connectivity index (χ4v) is 4.42. The number of rotatable bonds is 3. The Labute approximate surface area is 184 Å². The molecule has 8 heteroatoms. The van der Waals surface area contributed by atoms with E-state index in [9.17, 15) is 9.18 Å². The molecule has 0 spiro atoms. The van der Waals surface area contributed by atoms with Gasteiger partial charge >= 0.3 is 0 Å². The number of fused-ring (bicyclic) bond motifs is 2. The number of aromatic nitrogens is 3. The van der Waals surface area contributed by atoms with E-state index in [1.54, 1.807) is 36.7 Å². The number of carbonyl (C=O) groups excluding carboxylic acids is 1. The highest BCUT2D eigenvalue weighted by atomic mass is 19.1. The van der Waals surface area contributed by atoms with Gasteiger partial charge in [-0.1, -0.05) is 6.07 Å². The molecular formula is C24H23FN6O. The van der Waals surface area contributed by atoms with Crippen LogP contribution in [-0.4, -0.2) is 46.0 Å². The van der Waals surface area contributed by atoms with Crippen molar-refractivity contribution in [2.45, 2.75) is 25.9 Å². The first-order valence-corrected chi connectivity index (χ1v) is 10.6. The molecule has 2 unspecified atom stereocenters. The lowest BCUT2D eigenvalue weighted by Gasteiger charge is -2.38. The molecule has 7 nitrogen and oxygen atoms in total. The molecule has 0 bridgehead atoms. The Bertz CT molecular complexity index is 1320. The van der Waals surface area contributed by atoms with Crippen molar-refractivity contribution in [3.05, 3.63) is 66.4 Å². The first-order valence-electron chi connectivity index (χ1n) is 10.6. The largest absolute Gasteiger partial charge is 0.367 e. The highest BCUT2D eigenvalue weighted by molar-refractivity contribution is 6.13. The Morgan fingerprint density at radius 3 is 2.50 bits per heavy atom. The zero-order chi connectivity index (χ0) is 22.2. The SMILES string of the molecule is CC1CN(c2ccc(C(=O)Nc3cc(F)c4ncccc4c3)c3nccnc23)CC(C)N1. The third kappa shape index (κ3) is 3.73. The molecule has 3 heterocycles. The number of hydrogen-bond donors (Lipinski definition) is 2. The Morgan fingerprint density at radius 2 is 1.72 bits per heavy atom. The Balaban J connectivity index is 1.50. The topological polar surface area (TPSA) is 83.0 Å². The number of benzene rings is 2. The van der Waals surface area contributed by atoms with E-state index in [-0.39, 0.29) is 11.4 Å². The molecule has 1 saturated heterocycles. The predicted molar refractivity (Wildman–Crippen MR) is 123 cm³/mol. The minimum absolute atomic E-state index is 0.269. The van der Waals surface area contributed by atoms with Gasteiger partial charge in [0.1, 0.15) is 16.6 Å². The van der Waals surface area contributed by atoms with Crippen molar-refractivity contribution >= 4 is 39.2 Å². The maximum atomic E-state index is 14.4. The van der Waals surface area contributed by atoms with Crippen LogP contribution in [0.25, 0.3) is 21.9 Å². The van der Waals surface area contributed by atoms with Crippen molar-refractivity contribution in [2.75, 3.05) is 23.3 Å². The highest BCUT2D eigenvalue weighted by Gasteiger charge is 2.24. The molecule has 0 saturated carbocycles. The Hall–Kier alpha value is -3.65. The van der Waals surface area contributed by atoms with Gasteiger partial charge in [-0.15, -0.1) is 0 Å². The number of amides is 1. The van der Waals surface area contributed by atoms with Crippen molar-refractivity contribution in [2.24, 2.45) is 0 Å². The van der Waals surface area contributed by atoms with Gasteiger partial charge in [0.05, 0.1) is 11.3 Å². The predicted octanol–water partition coefficient (Wildman–Crippen LogP) is 3.76. The molecule has 4 aromatic rings. The van der Waals surface area contributed by atoms with E-state index >= 15 is 0 Å². The molecule has 162 valence electrons. The molecule has 2 aromatic carbocycles. The second-order valence-electron chi connectivity index (χ2n) is 8.25. The summed E-state index contributed by atoms with van der Waals surface area (Å²) in [5.74, 6) is -0.855. The molecule has 0 aliphatic carbocycles. The van der Waals surface area contributed by atoms with Gasteiger partial charge in [0.2, 0.25) is 0 Å². The average molecular weight is 430 g/mol. The summed E-state index contributed by atoms with van der Waals surface area (Å²) in [4.78, 5) is 28.4. The number of nitrogens with zero attached hydrogens (tertiary/aromatic N) is 4. The van der Waals surface area contributed by atoms with Gasteiger partial charge in [-0.25, -0.2) is 4.39 Å². The van der Waals surface area contributed by atoms with Gasteiger partial charge < -0.3 is 15.5 Å². The number of pyridine rings is 1. The summed E-state index contributed by atoms with van der Waals surface area (Å²) in [5, 5.41) is 6.94. The van der Waals surface area contributed by atoms with Crippen molar-refractivity contribution < 1.29 is 9.18 Å². The van der Waals surface area contributed by atoms with Gasteiger partial charge in [0, 0.05) is 54.8 Å². The zero-order valence-corrected chi connectivity index (χ0v) is 17.8. The molecule has 32 heavy (non-hydrogen) atoms. The lowest BCUT2D eigenvalue weighted by Crippen LogP contribution is -2.54. The minimum atomic E-state index is -0.486. The maximum absolute atomic E-state index is 14.4. The monoisotopic (exact) mass is 430 g/mol. The van der Waals surface area contributed by atoms with Gasteiger partial charge in [0.25, 0.3) is 5.91 Å². The molecule has 1 fully saturated rings. The average Bonchev–Trinajstić information content (AvgIpc) is 2.77. The summed E-state index contributed by atoms with van der Waals surface area (Å²) in [6, 6.07) is 10.8. The van der Waals surface area contributed by atoms with Crippen LogP contribution in [0.1, 0.15) is 24.2 Å². The van der Waals surface area contributed by atoms with Crippen LogP contribution in [0.15, 0.2) is 55.0 Å². The third-order valence-electron chi connectivity index (χ3n) is 5.66. The van der Waals surface area contributed by atoms with Crippen LogP contribution >= 0.6 is 0 Å². The van der Waals surface area contributed by atoms with Crippen LogP contribution < -0.4 is 15.5 Å². The molecule has 1 aliphatic heterocycles. The van der Waals surface area contributed by atoms with Gasteiger partial charge in [-0.2, -0.15) is 0 Å². The molecule has 2 aromatic heterocycles. The van der Waals surface area contributed by atoms with Crippen LogP contribution in [0.2, 0.25) is 0 Å². The number of carbonyl (C=O) groups is 1. The first kappa shape index (κ1) is 20.3. The van der Waals surface area contributed by atoms with Crippen molar-refractivity contribution in [3.8, 4) is 0 Å². The van der Waals surface area contributed by atoms with E-state index in [1.165, 1.54) is 12.3 Å². The maximum Gasteiger partial charge on any atom is 0.257 e. The number of hydrogen-bond acceptors (Lipinski definition) is 6. The summed E-state index contributed by atoms with van der Waals surface area (Å²) in [7, 11) is 0. The summed E-state index contributed by atoms with van der Waals surface area (Å²) < 4.78 is 14.4. The quantitative estimate of drug-likeness (QED) is 0.515. The van der Waals surface area contributed by atoms with E-state index in [4.69, 9.17) is 0 Å². The van der Waals surface area contributed by atoms with Gasteiger partial charge in [-0.3, -0.25) is 19.7 Å². The van der Waals surface area contributed by atoms with Crippen LogP contribution in [0.3, 0.4) is 0 Å². The fourth-order valence-electron chi connectivity index (χ4n) is 4.42.